The van der Waals surface area contributed by atoms with Crippen LogP contribution in [0.1, 0.15) is 58.8 Å². The van der Waals surface area contributed by atoms with Crippen LogP contribution in [-0.2, 0) is 0 Å². The van der Waals surface area contributed by atoms with Crippen LogP contribution in [0.2, 0.25) is 0 Å². The molecule has 0 spiro atoms. The van der Waals surface area contributed by atoms with Crippen molar-refractivity contribution in [2.45, 2.75) is 70.5 Å². The van der Waals surface area contributed by atoms with Crippen LogP contribution in [0.5, 0.6) is 0 Å². The van der Waals surface area contributed by atoms with Gasteiger partial charge in [0.1, 0.15) is 0 Å². The third kappa shape index (κ3) is 2.71. The minimum absolute atomic E-state index is 0.225. The Hall–Kier alpha value is -0.0800. The fourth-order valence-electron chi connectivity index (χ4n) is 2.60. The highest BCUT2D eigenvalue weighted by molar-refractivity contribution is 4.91. The predicted octanol–water partition coefficient (Wildman–Crippen LogP) is 2.48. The van der Waals surface area contributed by atoms with Crippen LogP contribution < -0.4 is 0 Å². The third-order valence-corrected chi connectivity index (χ3v) is 3.55. The van der Waals surface area contributed by atoms with Crippen LogP contribution in [-0.4, -0.2) is 21.9 Å². The predicted molar refractivity (Wildman–Crippen MR) is 58.1 cm³/mol. The Labute approximate surface area is 87.3 Å². The van der Waals surface area contributed by atoms with Crippen LogP contribution >= 0.6 is 0 Å². The number of aliphatic hydroxyl groups is 2. The minimum Gasteiger partial charge on any atom is -0.390 e. The summed E-state index contributed by atoms with van der Waals surface area (Å²) in [4.78, 5) is 0. The van der Waals surface area contributed by atoms with E-state index in [-0.39, 0.29) is 5.92 Å². The number of rotatable bonds is 4. The second-order valence-electron chi connectivity index (χ2n) is 4.88. The van der Waals surface area contributed by atoms with Crippen molar-refractivity contribution in [2.75, 3.05) is 0 Å². The van der Waals surface area contributed by atoms with E-state index in [0.717, 1.165) is 38.5 Å². The molecule has 1 rings (SSSR count). The molecule has 14 heavy (non-hydrogen) atoms. The average Bonchev–Trinajstić information content (AvgIpc) is 2.18. The van der Waals surface area contributed by atoms with E-state index in [2.05, 4.69) is 6.92 Å². The Bertz CT molecular complexity index is 162. The van der Waals surface area contributed by atoms with Gasteiger partial charge in [0.05, 0.1) is 11.7 Å². The van der Waals surface area contributed by atoms with Gasteiger partial charge in [-0.3, -0.25) is 0 Å². The van der Waals surface area contributed by atoms with Gasteiger partial charge in [-0.25, -0.2) is 0 Å². The first kappa shape index (κ1) is 12.0. The Morgan fingerprint density at radius 1 is 1.21 bits per heavy atom. The minimum atomic E-state index is -0.785. The largest absolute Gasteiger partial charge is 0.390 e. The van der Waals surface area contributed by atoms with Crippen LogP contribution in [0, 0.1) is 5.92 Å². The molecule has 2 heteroatoms. The maximum absolute atomic E-state index is 10.3. The fraction of sp³-hybridized carbons (Fsp3) is 1.00. The molecule has 1 fully saturated rings. The summed E-state index contributed by atoms with van der Waals surface area (Å²) >= 11 is 0. The summed E-state index contributed by atoms with van der Waals surface area (Å²) in [5.74, 6) is 0.225. The molecule has 0 aromatic heterocycles. The van der Waals surface area contributed by atoms with Gasteiger partial charge in [0.2, 0.25) is 0 Å². The molecule has 1 aliphatic carbocycles. The van der Waals surface area contributed by atoms with Gasteiger partial charge in [0.15, 0.2) is 0 Å². The molecule has 2 atom stereocenters. The van der Waals surface area contributed by atoms with E-state index in [1.165, 1.54) is 6.42 Å². The molecule has 0 aliphatic heterocycles. The lowest BCUT2D eigenvalue weighted by Crippen LogP contribution is -2.47. The topological polar surface area (TPSA) is 40.5 Å². The average molecular weight is 200 g/mol. The first-order chi connectivity index (χ1) is 6.60. The van der Waals surface area contributed by atoms with Crippen molar-refractivity contribution in [1.82, 2.24) is 0 Å². The van der Waals surface area contributed by atoms with Crippen molar-refractivity contribution >= 4 is 0 Å². The van der Waals surface area contributed by atoms with Crippen molar-refractivity contribution in [2.24, 2.45) is 5.92 Å². The van der Waals surface area contributed by atoms with Crippen molar-refractivity contribution < 1.29 is 10.2 Å². The van der Waals surface area contributed by atoms with E-state index < -0.39 is 11.7 Å². The molecule has 0 saturated heterocycles. The summed E-state index contributed by atoms with van der Waals surface area (Å²) in [6, 6.07) is 0. The van der Waals surface area contributed by atoms with Gasteiger partial charge in [-0.15, -0.1) is 0 Å². The highest BCUT2D eigenvalue weighted by Gasteiger charge is 2.39. The number of aliphatic hydroxyl groups excluding tert-OH is 1. The lowest BCUT2D eigenvalue weighted by atomic mass is 9.76. The van der Waals surface area contributed by atoms with Crippen LogP contribution in [0.3, 0.4) is 0 Å². The zero-order valence-corrected chi connectivity index (χ0v) is 9.50. The second kappa shape index (κ2) is 5.13. The first-order valence-corrected chi connectivity index (χ1v) is 6.00. The van der Waals surface area contributed by atoms with E-state index in [4.69, 9.17) is 0 Å². The summed E-state index contributed by atoms with van der Waals surface area (Å²) in [6.07, 6.45) is 6.45. The van der Waals surface area contributed by atoms with Crippen LogP contribution in [0.4, 0.5) is 0 Å². The molecule has 2 unspecified atom stereocenters. The summed E-state index contributed by atoms with van der Waals surface area (Å²) in [7, 11) is 0. The smallest absolute Gasteiger partial charge is 0.0908 e. The second-order valence-corrected chi connectivity index (χ2v) is 4.88. The summed E-state index contributed by atoms with van der Waals surface area (Å²) in [5.41, 5.74) is -0.785. The summed E-state index contributed by atoms with van der Waals surface area (Å²) in [5, 5.41) is 20.4. The standard InChI is InChI=1S/C12H24O2/c1-3-7-10(2)11(13)12(14)8-5-4-6-9-12/h10-11,13-14H,3-9H2,1-2H3. The van der Waals surface area contributed by atoms with Crippen molar-refractivity contribution in [1.29, 1.82) is 0 Å². The Kier molecular flexibility index (Phi) is 4.39. The normalized spacial score (nSPS) is 25.7. The Morgan fingerprint density at radius 3 is 2.29 bits per heavy atom. The lowest BCUT2D eigenvalue weighted by molar-refractivity contribution is -0.118. The van der Waals surface area contributed by atoms with E-state index in [9.17, 15) is 10.2 Å². The molecule has 0 radical (unpaired) electrons. The lowest BCUT2D eigenvalue weighted by Gasteiger charge is -2.39. The SMILES string of the molecule is CCCC(C)C(O)C1(O)CCCCC1. The highest BCUT2D eigenvalue weighted by atomic mass is 16.3. The van der Waals surface area contributed by atoms with Gasteiger partial charge in [-0.05, 0) is 25.2 Å². The number of hydrogen-bond acceptors (Lipinski definition) is 2. The molecule has 2 nitrogen and oxygen atoms in total. The Morgan fingerprint density at radius 2 is 1.79 bits per heavy atom. The van der Waals surface area contributed by atoms with Crippen LogP contribution in [0.25, 0.3) is 0 Å². The number of hydrogen-bond donors (Lipinski definition) is 2. The molecule has 2 N–H and O–H groups in total. The molecule has 0 aromatic rings. The molecule has 1 saturated carbocycles. The van der Waals surface area contributed by atoms with E-state index in [0.29, 0.717) is 0 Å². The molecule has 0 aromatic carbocycles. The zero-order valence-electron chi connectivity index (χ0n) is 9.50. The molecule has 0 bridgehead atoms. The Balaban J connectivity index is 2.51. The molecule has 84 valence electrons. The molecular weight excluding hydrogens is 176 g/mol. The van der Waals surface area contributed by atoms with E-state index >= 15 is 0 Å². The van der Waals surface area contributed by atoms with Gasteiger partial charge in [0.25, 0.3) is 0 Å². The maximum Gasteiger partial charge on any atom is 0.0908 e. The fourth-order valence-corrected chi connectivity index (χ4v) is 2.60. The van der Waals surface area contributed by atoms with E-state index in [1.807, 2.05) is 6.92 Å². The van der Waals surface area contributed by atoms with Gasteiger partial charge in [-0.1, -0.05) is 39.5 Å². The van der Waals surface area contributed by atoms with Gasteiger partial charge >= 0.3 is 0 Å². The molecule has 0 heterocycles. The summed E-state index contributed by atoms with van der Waals surface area (Å²) in [6.45, 7) is 4.16. The first-order valence-electron chi connectivity index (χ1n) is 6.00. The molecule has 0 amide bonds. The van der Waals surface area contributed by atoms with Gasteiger partial charge in [0, 0.05) is 0 Å². The maximum atomic E-state index is 10.3. The van der Waals surface area contributed by atoms with Crippen LogP contribution in [0.15, 0.2) is 0 Å². The third-order valence-electron chi connectivity index (χ3n) is 3.55. The monoisotopic (exact) mass is 200 g/mol. The molecular formula is C12H24O2. The highest BCUT2D eigenvalue weighted by Crippen LogP contribution is 2.34. The quantitative estimate of drug-likeness (QED) is 0.732. The van der Waals surface area contributed by atoms with E-state index in [1.54, 1.807) is 0 Å². The van der Waals surface area contributed by atoms with Gasteiger partial charge in [-0.2, -0.15) is 0 Å². The zero-order chi connectivity index (χ0) is 10.6. The van der Waals surface area contributed by atoms with Crippen molar-refractivity contribution in [3.05, 3.63) is 0 Å². The van der Waals surface area contributed by atoms with Crippen molar-refractivity contribution in [3.63, 3.8) is 0 Å². The van der Waals surface area contributed by atoms with Gasteiger partial charge < -0.3 is 10.2 Å². The molecule has 1 aliphatic rings. The van der Waals surface area contributed by atoms with Crippen molar-refractivity contribution in [3.8, 4) is 0 Å². The summed E-state index contributed by atoms with van der Waals surface area (Å²) < 4.78 is 0.